The first-order valence-electron chi connectivity index (χ1n) is 7.02. The predicted molar refractivity (Wildman–Crippen MR) is 86.6 cm³/mol. The highest BCUT2D eigenvalue weighted by Gasteiger charge is 2.08. The molecule has 0 saturated carbocycles. The van der Waals surface area contributed by atoms with E-state index in [1.165, 1.54) is 0 Å². The number of carbonyl (C=O) groups excluding carboxylic acids is 2. The zero-order chi connectivity index (χ0) is 15.8. The Hall–Kier alpha value is -2.88. The number of nitrogens with one attached hydrogen (secondary N) is 2. The first-order valence-corrected chi connectivity index (χ1v) is 7.02. The summed E-state index contributed by atoms with van der Waals surface area (Å²) in [6.45, 7) is 4.43. The van der Waals surface area contributed by atoms with Gasteiger partial charge in [-0.15, -0.1) is 6.58 Å². The Morgan fingerprint density at radius 2 is 1.41 bits per heavy atom. The molecule has 0 aliphatic rings. The van der Waals surface area contributed by atoms with Gasteiger partial charge in [-0.1, -0.05) is 36.4 Å². The van der Waals surface area contributed by atoms with Crippen LogP contribution in [0.5, 0.6) is 0 Å². The molecule has 0 fully saturated rings. The van der Waals surface area contributed by atoms with E-state index < -0.39 is 0 Å². The van der Waals surface area contributed by atoms with Gasteiger partial charge in [0.2, 0.25) is 0 Å². The fraction of sp³-hybridized carbons (Fsp3) is 0.111. The van der Waals surface area contributed by atoms with Gasteiger partial charge in [-0.3, -0.25) is 9.59 Å². The molecule has 0 aromatic heterocycles. The van der Waals surface area contributed by atoms with E-state index in [0.717, 1.165) is 5.56 Å². The van der Waals surface area contributed by atoms with Crippen molar-refractivity contribution in [3.63, 3.8) is 0 Å². The van der Waals surface area contributed by atoms with Crippen molar-refractivity contribution in [2.45, 2.75) is 6.54 Å². The summed E-state index contributed by atoms with van der Waals surface area (Å²) in [4.78, 5) is 23.8. The number of carbonyl (C=O) groups is 2. The lowest BCUT2D eigenvalue weighted by Gasteiger charge is -2.06. The van der Waals surface area contributed by atoms with Crippen LogP contribution >= 0.6 is 0 Å². The summed E-state index contributed by atoms with van der Waals surface area (Å²) in [5.74, 6) is -0.349. The molecule has 112 valence electrons. The molecular formula is C18H18N2O2. The summed E-state index contributed by atoms with van der Waals surface area (Å²) in [6.07, 6.45) is 1.61. The normalized spacial score (nSPS) is 9.82. The van der Waals surface area contributed by atoms with Crippen molar-refractivity contribution in [1.29, 1.82) is 0 Å². The highest BCUT2D eigenvalue weighted by atomic mass is 16.2. The van der Waals surface area contributed by atoms with Gasteiger partial charge in [0.1, 0.15) is 0 Å². The van der Waals surface area contributed by atoms with Gasteiger partial charge in [0, 0.05) is 24.2 Å². The van der Waals surface area contributed by atoms with Crippen LogP contribution in [-0.2, 0) is 6.54 Å². The van der Waals surface area contributed by atoms with Crippen molar-refractivity contribution < 1.29 is 9.59 Å². The maximum Gasteiger partial charge on any atom is 0.251 e. The minimum Gasteiger partial charge on any atom is -0.349 e. The second-order valence-electron chi connectivity index (χ2n) is 4.74. The van der Waals surface area contributed by atoms with Crippen molar-refractivity contribution >= 4 is 11.8 Å². The topological polar surface area (TPSA) is 58.2 Å². The molecule has 2 aromatic carbocycles. The molecule has 0 unspecified atom stereocenters. The van der Waals surface area contributed by atoms with Crippen LogP contribution in [0.1, 0.15) is 26.3 Å². The zero-order valence-corrected chi connectivity index (χ0v) is 12.2. The molecule has 0 aliphatic heterocycles. The number of rotatable bonds is 6. The van der Waals surface area contributed by atoms with E-state index in [1.54, 1.807) is 30.3 Å². The van der Waals surface area contributed by atoms with Crippen LogP contribution in [0.15, 0.2) is 67.3 Å². The largest absolute Gasteiger partial charge is 0.349 e. The molecule has 0 bridgehead atoms. The predicted octanol–water partition coefficient (Wildman–Crippen LogP) is 2.53. The summed E-state index contributed by atoms with van der Waals surface area (Å²) in [7, 11) is 0. The van der Waals surface area contributed by atoms with E-state index in [9.17, 15) is 9.59 Å². The number of amides is 2. The molecule has 4 nitrogen and oxygen atoms in total. The zero-order valence-electron chi connectivity index (χ0n) is 12.2. The second-order valence-corrected chi connectivity index (χ2v) is 4.74. The van der Waals surface area contributed by atoms with Crippen molar-refractivity contribution in [1.82, 2.24) is 10.6 Å². The van der Waals surface area contributed by atoms with Crippen LogP contribution in [0, 0.1) is 0 Å². The maximum absolute atomic E-state index is 12.0. The van der Waals surface area contributed by atoms with Crippen molar-refractivity contribution in [3.8, 4) is 0 Å². The molecule has 2 aromatic rings. The smallest absolute Gasteiger partial charge is 0.251 e. The molecule has 0 aliphatic carbocycles. The quantitative estimate of drug-likeness (QED) is 0.804. The molecule has 0 saturated heterocycles. The van der Waals surface area contributed by atoms with E-state index in [-0.39, 0.29) is 11.8 Å². The first-order chi connectivity index (χ1) is 10.7. The van der Waals surface area contributed by atoms with Crippen LogP contribution in [0.2, 0.25) is 0 Å². The number of hydrogen-bond donors (Lipinski definition) is 2. The highest BCUT2D eigenvalue weighted by Crippen LogP contribution is 2.05. The molecule has 2 amide bonds. The Morgan fingerprint density at radius 1 is 0.864 bits per heavy atom. The Morgan fingerprint density at radius 3 is 1.95 bits per heavy atom. The van der Waals surface area contributed by atoms with Gasteiger partial charge in [-0.2, -0.15) is 0 Å². The van der Waals surface area contributed by atoms with Gasteiger partial charge in [0.05, 0.1) is 0 Å². The average molecular weight is 294 g/mol. The van der Waals surface area contributed by atoms with Gasteiger partial charge in [0.25, 0.3) is 11.8 Å². The van der Waals surface area contributed by atoms with Gasteiger partial charge >= 0.3 is 0 Å². The highest BCUT2D eigenvalue weighted by molar-refractivity contribution is 5.97. The Kier molecular flexibility index (Phi) is 5.49. The van der Waals surface area contributed by atoms with Crippen LogP contribution < -0.4 is 10.6 Å². The van der Waals surface area contributed by atoms with Gasteiger partial charge in [0.15, 0.2) is 0 Å². The van der Waals surface area contributed by atoms with E-state index in [2.05, 4.69) is 17.2 Å². The summed E-state index contributed by atoms with van der Waals surface area (Å²) in [6, 6.07) is 16.2. The monoisotopic (exact) mass is 294 g/mol. The molecule has 0 radical (unpaired) electrons. The fourth-order valence-corrected chi connectivity index (χ4v) is 1.92. The Balaban J connectivity index is 1.93. The van der Waals surface area contributed by atoms with Gasteiger partial charge < -0.3 is 10.6 Å². The second kappa shape index (κ2) is 7.78. The molecule has 0 heterocycles. The third kappa shape index (κ3) is 4.31. The molecule has 0 atom stereocenters. The van der Waals surface area contributed by atoms with E-state index in [1.807, 2.05) is 30.3 Å². The molecule has 2 rings (SSSR count). The minimum atomic E-state index is -0.184. The van der Waals surface area contributed by atoms with E-state index in [4.69, 9.17) is 0 Å². The third-order valence-corrected chi connectivity index (χ3v) is 3.11. The lowest BCUT2D eigenvalue weighted by Crippen LogP contribution is -2.24. The van der Waals surface area contributed by atoms with E-state index >= 15 is 0 Å². The SMILES string of the molecule is C=CCNC(=O)c1ccc(C(=O)NCc2ccccc2)cc1. The average Bonchev–Trinajstić information content (AvgIpc) is 2.58. The summed E-state index contributed by atoms with van der Waals surface area (Å²) >= 11 is 0. The summed E-state index contributed by atoms with van der Waals surface area (Å²) < 4.78 is 0. The van der Waals surface area contributed by atoms with Crippen LogP contribution in [0.25, 0.3) is 0 Å². The number of hydrogen-bond acceptors (Lipinski definition) is 2. The first kappa shape index (κ1) is 15.5. The molecule has 0 spiro atoms. The maximum atomic E-state index is 12.0. The van der Waals surface area contributed by atoms with Crippen LogP contribution in [-0.4, -0.2) is 18.4 Å². The lowest BCUT2D eigenvalue weighted by molar-refractivity contribution is 0.0942. The van der Waals surface area contributed by atoms with E-state index in [0.29, 0.717) is 24.2 Å². The molecule has 22 heavy (non-hydrogen) atoms. The third-order valence-electron chi connectivity index (χ3n) is 3.11. The molecular weight excluding hydrogens is 276 g/mol. The van der Waals surface area contributed by atoms with Crippen LogP contribution in [0.4, 0.5) is 0 Å². The Labute approximate surface area is 129 Å². The summed E-state index contributed by atoms with van der Waals surface area (Å²) in [5.41, 5.74) is 2.08. The lowest BCUT2D eigenvalue weighted by atomic mass is 10.1. The molecule has 4 heteroatoms. The standard InChI is InChI=1S/C18H18N2O2/c1-2-12-19-17(21)15-8-10-16(11-9-15)18(22)20-13-14-6-4-3-5-7-14/h2-11H,1,12-13H2,(H,19,21)(H,20,22). The van der Waals surface area contributed by atoms with Crippen molar-refractivity contribution in [2.75, 3.05) is 6.54 Å². The van der Waals surface area contributed by atoms with Gasteiger partial charge in [-0.25, -0.2) is 0 Å². The van der Waals surface area contributed by atoms with Crippen LogP contribution in [0.3, 0.4) is 0 Å². The van der Waals surface area contributed by atoms with Gasteiger partial charge in [-0.05, 0) is 29.8 Å². The van der Waals surface area contributed by atoms with Crippen molar-refractivity contribution in [3.05, 3.63) is 83.9 Å². The fourth-order valence-electron chi connectivity index (χ4n) is 1.92. The summed E-state index contributed by atoms with van der Waals surface area (Å²) in [5, 5.41) is 5.53. The number of benzene rings is 2. The molecule has 2 N–H and O–H groups in total. The minimum absolute atomic E-state index is 0.165. The Bertz CT molecular complexity index is 649. The van der Waals surface area contributed by atoms with Crippen molar-refractivity contribution in [2.24, 2.45) is 0 Å².